The van der Waals surface area contributed by atoms with E-state index in [4.69, 9.17) is 14.2 Å². The van der Waals surface area contributed by atoms with Gasteiger partial charge in [-0.05, 0) is 46.2 Å². The maximum atomic E-state index is 13.2. The van der Waals surface area contributed by atoms with Crippen molar-refractivity contribution in [3.05, 3.63) is 131 Å². The van der Waals surface area contributed by atoms with Gasteiger partial charge < -0.3 is 24.6 Å². The van der Waals surface area contributed by atoms with Crippen LogP contribution in [0.15, 0.2) is 109 Å². The average molecular weight is 650 g/mol. The number of carbonyl (C=O) groups excluding carboxylic acids is 4. The van der Waals surface area contributed by atoms with Crippen molar-refractivity contribution in [1.82, 2.24) is 5.32 Å². The zero-order chi connectivity index (χ0) is 33.7. The molecular weight excluding hydrogens is 610 g/mol. The number of carbonyl (C=O) groups is 4. The molecule has 0 aromatic heterocycles. The number of amides is 1. The number of hydrogen-bond acceptors (Lipinski definition) is 8. The molecule has 0 saturated heterocycles. The lowest BCUT2D eigenvalue weighted by molar-refractivity contribution is -0.152. The van der Waals surface area contributed by atoms with Gasteiger partial charge in [0.15, 0.2) is 0 Å². The van der Waals surface area contributed by atoms with Crippen molar-refractivity contribution in [3.8, 4) is 11.1 Å². The second-order valence-corrected chi connectivity index (χ2v) is 11.7. The van der Waals surface area contributed by atoms with Crippen LogP contribution in [-0.4, -0.2) is 48.2 Å². The van der Waals surface area contributed by atoms with E-state index in [-0.39, 0.29) is 63.8 Å². The molecule has 0 aliphatic heterocycles. The molecule has 0 radical (unpaired) electrons. The summed E-state index contributed by atoms with van der Waals surface area (Å²) in [5.41, 5.74) is 5.85. The minimum absolute atomic E-state index is 0.0116. The Labute approximate surface area is 279 Å². The molecule has 1 amide bonds. The van der Waals surface area contributed by atoms with E-state index in [1.54, 1.807) is 0 Å². The molecular formula is C39H39NO8. The average Bonchev–Trinajstić information content (AvgIpc) is 3.44. The third-order valence-corrected chi connectivity index (χ3v) is 8.36. The van der Waals surface area contributed by atoms with E-state index in [2.05, 4.69) is 5.32 Å². The van der Waals surface area contributed by atoms with Crippen molar-refractivity contribution < 1.29 is 38.5 Å². The Morgan fingerprint density at radius 3 is 1.73 bits per heavy atom. The lowest BCUT2D eigenvalue weighted by atomic mass is 9.96. The Morgan fingerprint density at radius 2 is 1.17 bits per heavy atom. The van der Waals surface area contributed by atoms with E-state index in [0.29, 0.717) is 0 Å². The molecule has 1 aliphatic rings. The van der Waals surface area contributed by atoms with Crippen LogP contribution in [0.1, 0.15) is 53.9 Å². The molecule has 9 nitrogen and oxygen atoms in total. The molecule has 48 heavy (non-hydrogen) atoms. The predicted octanol–water partition coefficient (Wildman–Crippen LogP) is 6.12. The van der Waals surface area contributed by atoms with E-state index < -0.39 is 30.0 Å². The summed E-state index contributed by atoms with van der Waals surface area (Å²) in [6.45, 7) is -0.202. The van der Waals surface area contributed by atoms with Gasteiger partial charge in [-0.3, -0.25) is 9.59 Å². The molecule has 0 bridgehead atoms. The summed E-state index contributed by atoms with van der Waals surface area (Å²) in [6.07, 6.45) is -1.12. The number of ketones is 1. The molecule has 5 rings (SSSR count). The Morgan fingerprint density at radius 1 is 0.646 bits per heavy atom. The monoisotopic (exact) mass is 649 g/mol. The highest BCUT2D eigenvalue weighted by molar-refractivity contribution is 5.86. The summed E-state index contributed by atoms with van der Waals surface area (Å²) in [6, 6.07) is 33.0. The first-order valence-electron chi connectivity index (χ1n) is 16.1. The van der Waals surface area contributed by atoms with Gasteiger partial charge in [-0.15, -0.1) is 0 Å². The fourth-order valence-electron chi connectivity index (χ4n) is 5.85. The van der Waals surface area contributed by atoms with Crippen molar-refractivity contribution in [2.24, 2.45) is 5.92 Å². The van der Waals surface area contributed by atoms with E-state index in [9.17, 15) is 24.3 Å². The Balaban J connectivity index is 1.19. The van der Waals surface area contributed by atoms with Crippen molar-refractivity contribution in [2.45, 2.75) is 50.9 Å². The van der Waals surface area contributed by atoms with Gasteiger partial charge in [-0.25, -0.2) is 9.59 Å². The zero-order valence-corrected chi connectivity index (χ0v) is 26.6. The number of Topliss-reactive ketones (excluding diaryl/α,β-unsaturated/α-hetero) is 1. The zero-order valence-electron chi connectivity index (χ0n) is 26.6. The van der Waals surface area contributed by atoms with Crippen LogP contribution in [0.25, 0.3) is 11.1 Å². The van der Waals surface area contributed by atoms with Gasteiger partial charge in [0, 0.05) is 25.4 Å². The topological polar surface area (TPSA) is 128 Å². The highest BCUT2D eigenvalue weighted by Gasteiger charge is 2.31. The molecule has 4 aromatic rings. The third kappa shape index (κ3) is 9.17. The summed E-state index contributed by atoms with van der Waals surface area (Å²) >= 11 is 0. The van der Waals surface area contributed by atoms with E-state index >= 15 is 0 Å². The first-order valence-corrected chi connectivity index (χ1v) is 16.1. The smallest absolute Gasteiger partial charge is 0.407 e. The summed E-state index contributed by atoms with van der Waals surface area (Å²) in [5, 5.41) is 12.1. The maximum absolute atomic E-state index is 13.2. The van der Waals surface area contributed by atoms with Crippen molar-refractivity contribution in [2.75, 3.05) is 13.2 Å². The standard InChI is InChI=1S/C39H39NO8/c41-22-21-29(37(43)46-24-27-11-3-1-4-12-27)23-30(42)19-20-36(38(44)47-25-28-13-5-2-6-14-28)40-39(45)48-26-35-33-17-9-7-15-31(33)32-16-8-10-18-34(32)35/h1-18,29,35-36,41H,19-26H2,(H,40,45)/t29?,36-/m0/s1. The number of rotatable bonds is 16. The fourth-order valence-corrected chi connectivity index (χ4v) is 5.85. The van der Waals surface area contributed by atoms with Crippen LogP contribution in [0.2, 0.25) is 0 Å². The number of fused-ring (bicyclic) bond motifs is 3. The van der Waals surface area contributed by atoms with Crippen LogP contribution < -0.4 is 5.32 Å². The minimum atomic E-state index is -1.17. The predicted molar refractivity (Wildman–Crippen MR) is 179 cm³/mol. The molecule has 0 saturated carbocycles. The minimum Gasteiger partial charge on any atom is -0.461 e. The van der Waals surface area contributed by atoms with Gasteiger partial charge >= 0.3 is 18.0 Å². The van der Waals surface area contributed by atoms with Gasteiger partial charge in [-0.1, -0.05) is 109 Å². The fraction of sp³-hybridized carbons (Fsp3) is 0.282. The summed E-state index contributed by atoms with van der Waals surface area (Å²) < 4.78 is 16.5. The van der Waals surface area contributed by atoms with Crippen LogP contribution in [-0.2, 0) is 41.8 Å². The summed E-state index contributed by atoms with van der Waals surface area (Å²) in [5.74, 6) is -2.63. The summed E-state index contributed by atoms with van der Waals surface area (Å²) in [4.78, 5) is 52.1. The van der Waals surface area contributed by atoms with E-state index in [1.807, 2.05) is 109 Å². The number of aliphatic hydroxyl groups is 1. The third-order valence-electron chi connectivity index (χ3n) is 8.36. The number of alkyl carbamates (subject to hydrolysis) is 1. The van der Waals surface area contributed by atoms with Gasteiger partial charge in [0.2, 0.25) is 0 Å². The second kappa shape index (κ2) is 17.0. The molecule has 2 atom stereocenters. The second-order valence-electron chi connectivity index (χ2n) is 11.7. The highest BCUT2D eigenvalue weighted by Crippen LogP contribution is 2.44. The molecule has 9 heteroatoms. The van der Waals surface area contributed by atoms with Crippen LogP contribution in [0.4, 0.5) is 4.79 Å². The Hall–Kier alpha value is -5.28. The number of ether oxygens (including phenoxy) is 3. The Kier molecular flexibility index (Phi) is 12.1. The molecule has 4 aromatic carbocycles. The first-order chi connectivity index (χ1) is 23.4. The van der Waals surface area contributed by atoms with E-state index in [1.165, 1.54) is 0 Å². The lowest BCUT2D eigenvalue weighted by Crippen LogP contribution is -2.42. The Bertz CT molecular complexity index is 1650. The van der Waals surface area contributed by atoms with Crippen molar-refractivity contribution in [1.29, 1.82) is 0 Å². The number of nitrogens with one attached hydrogen (secondary N) is 1. The van der Waals surface area contributed by atoms with Crippen LogP contribution in [0.5, 0.6) is 0 Å². The molecule has 0 heterocycles. The van der Waals surface area contributed by atoms with E-state index in [0.717, 1.165) is 33.4 Å². The molecule has 248 valence electrons. The number of hydrogen-bond donors (Lipinski definition) is 2. The van der Waals surface area contributed by atoms with Crippen molar-refractivity contribution in [3.63, 3.8) is 0 Å². The maximum Gasteiger partial charge on any atom is 0.407 e. The van der Waals surface area contributed by atoms with Crippen LogP contribution >= 0.6 is 0 Å². The number of aliphatic hydroxyl groups excluding tert-OH is 1. The quantitative estimate of drug-likeness (QED) is 0.110. The molecule has 1 unspecified atom stereocenters. The van der Waals surface area contributed by atoms with Gasteiger partial charge in [0.25, 0.3) is 0 Å². The van der Waals surface area contributed by atoms with Crippen LogP contribution in [0, 0.1) is 5.92 Å². The van der Waals surface area contributed by atoms with Gasteiger partial charge in [0.05, 0.1) is 5.92 Å². The highest BCUT2D eigenvalue weighted by atomic mass is 16.6. The number of esters is 2. The molecule has 1 aliphatic carbocycles. The lowest BCUT2D eigenvalue weighted by Gasteiger charge is -2.20. The molecule has 0 fully saturated rings. The largest absolute Gasteiger partial charge is 0.461 e. The van der Waals surface area contributed by atoms with Crippen molar-refractivity contribution >= 4 is 23.8 Å². The summed E-state index contributed by atoms with van der Waals surface area (Å²) in [7, 11) is 0. The normalized spacial score (nSPS) is 13.0. The van der Waals surface area contributed by atoms with Crippen LogP contribution in [0.3, 0.4) is 0 Å². The first kappa shape index (κ1) is 34.1. The molecule has 2 N–H and O–H groups in total. The van der Waals surface area contributed by atoms with Gasteiger partial charge in [0.1, 0.15) is 31.6 Å². The SMILES string of the molecule is O=C(CC[C@H](NC(=O)OCC1c2ccccc2-c2ccccc21)C(=O)OCc1ccccc1)CC(CCO)C(=O)OCc1ccccc1. The molecule has 0 spiro atoms. The number of benzene rings is 4. The van der Waals surface area contributed by atoms with Gasteiger partial charge in [-0.2, -0.15) is 0 Å².